The van der Waals surface area contributed by atoms with Crippen LogP contribution in [-0.2, 0) is 0 Å². The van der Waals surface area contributed by atoms with E-state index in [1.54, 1.807) is 0 Å². The molecule has 0 bridgehead atoms. The summed E-state index contributed by atoms with van der Waals surface area (Å²) in [6, 6.07) is 2.77. The minimum Gasteiger partial charge on any atom is -0.330 e. The summed E-state index contributed by atoms with van der Waals surface area (Å²) >= 11 is 0. The molecule has 0 spiro atoms. The van der Waals surface area contributed by atoms with Gasteiger partial charge in [-0.25, -0.2) is 0 Å². The molecular weight excluding hydrogens is 200 g/mol. The molecule has 0 radical (unpaired) electrons. The van der Waals surface area contributed by atoms with Crippen LogP contribution in [0.5, 0.6) is 0 Å². The van der Waals surface area contributed by atoms with Crippen LogP contribution >= 0.6 is 0 Å². The lowest BCUT2D eigenvalue weighted by Crippen LogP contribution is -2.33. The average Bonchev–Trinajstić information content (AvgIpc) is 2.10. The van der Waals surface area contributed by atoms with E-state index in [0.717, 1.165) is 19.5 Å². The van der Waals surface area contributed by atoms with Crippen molar-refractivity contribution in [2.75, 3.05) is 13.1 Å². The average molecular weight is 230 g/mol. The summed E-state index contributed by atoms with van der Waals surface area (Å²) in [5.41, 5.74) is 11.6. The maximum absolute atomic E-state index is 5.59. The van der Waals surface area contributed by atoms with Gasteiger partial charge in [-0.15, -0.1) is 0 Å². The lowest BCUT2D eigenvalue weighted by atomic mass is 9.90. The molecule has 0 fully saturated rings. The molecule has 0 aliphatic carbocycles. The van der Waals surface area contributed by atoms with Crippen molar-refractivity contribution in [2.45, 2.75) is 58.3 Å². The molecule has 0 rings (SSSR count). The standard InChI is InChI=1S/C12H30N2Si/c1-12(2,7-5-8-13)11-15(3,4)10-6-9-14/h5-11,13-14H2,1-4H3. The molecule has 0 saturated heterocycles. The first kappa shape index (κ1) is 15.1. The highest BCUT2D eigenvalue weighted by Gasteiger charge is 2.29. The number of hydrogen-bond donors (Lipinski definition) is 2. The topological polar surface area (TPSA) is 52.0 Å². The minimum absolute atomic E-state index is 0.476. The predicted octanol–water partition coefficient (Wildman–Crippen LogP) is 2.81. The largest absolute Gasteiger partial charge is 0.330 e. The van der Waals surface area contributed by atoms with Gasteiger partial charge in [0.05, 0.1) is 0 Å². The Kier molecular flexibility index (Phi) is 6.72. The zero-order chi connectivity index (χ0) is 11.9. The normalized spacial score (nSPS) is 13.2. The Labute approximate surface area is 96.8 Å². The van der Waals surface area contributed by atoms with E-state index in [1.165, 1.54) is 24.9 Å². The highest BCUT2D eigenvalue weighted by atomic mass is 28.3. The molecule has 2 nitrogen and oxygen atoms in total. The molecule has 15 heavy (non-hydrogen) atoms. The molecule has 0 saturated carbocycles. The van der Waals surface area contributed by atoms with Crippen LogP contribution in [0, 0.1) is 5.41 Å². The van der Waals surface area contributed by atoms with E-state index in [4.69, 9.17) is 11.5 Å². The van der Waals surface area contributed by atoms with E-state index >= 15 is 0 Å². The lowest BCUT2D eigenvalue weighted by molar-refractivity contribution is 0.362. The first-order valence-corrected chi connectivity index (χ1v) is 9.64. The van der Waals surface area contributed by atoms with E-state index in [-0.39, 0.29) is 0 Å². The molecule has 4 N–H and O–H groups in total. The lowest BCUT2D eigenvalue weighted by Gasteiger charge is -2.33. The maximum atomic E-state index is 5.59. The number of hydrogen-bond acceptors (Lipinski definition) is 2. The van der Waals surface area contributed by atoms with Gasteiger partial charge < -0.3 is 11.5 Å². The Morgan fingerprint density at radius 3 is 2.00 bits per heavy atom. The van der Waals surface area contributed by atoms with Gasteiger partial charge in [0.2, 0.25) is 0 Å². The Balaban J connectivity index is 4.04. The van der Waals surface area contributed by atoms with Gasteiger partial charge in [0.25, 0.3) is 0 Å². The van der Waals surface area contributed by atoms with Crippen LogP contribution in [0.1, 0.15) is 33.1 Å². The molecule has 0 heterocycles. The fraction of sp³-hybridized carbons (Fsp3) is 1.00. The van der Waals surface area contributed by atoms with Gasteiger partial charge in [-0.3, -0.25) is 0 Å². The van der Waals surface area contributed by atoms with Gasteiger partial charge in [0.1, 0.15) is 0 Å². The first-order valence-electron chi connectivity index (χ1n) is 6.23. The molecule has 92 valence electrons. The fourth-order valence-corrected chi connectivity index (χ4v) is 6.74. The van der Waals surface area contributed by atoms with Crippen LogP contribution in [0.2, 0.25) is 25.2 Å². The molecule has 0 atom stereocenters. The van der Waals surface area contributed by atoms with Crippen molar-refractivity contribution >= 4 is 8.07 Å². The molecule has 0 aromatic heterocycles. The summed E-state index contributed by atoms with van der Waals surface area (Å²) in [5, 5.41) is 0. The minimum atomic E-state index is -1.03. The second-order valence-electron chi connectivity index (χ2n) is 6.29. The highest BCUT2D eigenvalue weighted by Crippen LogP contribution is 2.34. The molecule has 0 aromatic carbocycles. The summed E-state index contributed by atoms with van der Waals surface area (Å²) in [6.07, 6.45) is 3.63. The van der Waals surface area contributed by atoms with Gasteiger partial charge in [-0.1, -0.05) is 39.0 Å². The van der Waals surface area contributed by atoms with Gasteiger partial charge in [0.15, 0.2) is 0 Å². The summed E-state index contributed by atoms with van der Waals surface area (Å²) < 4.78 is 0. The Morgan fingerprint density at radius 1 is 1.00 bits per heavy atom. The van der Waals surface area contributed by atoms with Gasteiger partial charge >= 0.3 is 0 Å². The molecule has 3 heteroatoms. The third-order valence-electron chi connectivity index (χ3n) is 3.07. The Morgan fingerprint density at radius 2 is 1.53 bits per heavy atom. The van der Waals surface area contributed by atoms with Crippen molar-refractivity contribution < 1.29 is 0 Å². The van der Waals surface area contributed by atoms with Crippen LogP contribution < -0.4 is 11.5 Å². The van der Waals surface area contributed by atoms with Crippen molar-refractivity contribution in [1.82, 2.24) is 0 Å². The Bertz CT molecular complexity index is 149. The van der Waals surface area contributed by atoms with E-state index in [1.807, 2.05) is 0 Å². The van der Waals surface area contributed by atoms with Crippen LogP contribution in [0.3, 0.4) is 0 Å². The number of rotatable bonds is 8. The van der Waals surface area contributed by atoms with Crippen molar-refractivity contribution in [3.8, 4) is 0 Å². The van der Waals surface area contributed by atoms with Crippen LogP contribution in [0.25, 0.3) is 0 Å². The summed E-state index contributed by atoms with van der Waals surface area (Å²) in [6.45, 7) is 11.4. The van der Waals surface area contributed by atoms with Crippen LogP contribution in [0.15, 0.2) is 0 Å². The molecule has 0 aliphatic rings. The van der Waals surface area contributed by atoms with Crippen LogP contribution in [0.4, 0.5) is 0 Å². The second kappa shape index (κ2) is 6.66. The third-order valence-corrected chi connectivity index (χ3v) is 6.69. The van der Waals surface area contributed by atoms with E-state index < -0.39 is 8.07 Å². The molecular formula is C12H30N2Si. The van der Waals surface area contributed by atoms with E-state index in [2.05, 4.69) is 26.9 Å². The van der Waals surface area contributed by atoms with Crippen molar-refractivity contribution in [1.29, 1.82) is 0 Å². The van der Waals surface area contributed by atoms with Gasteiger partial charge in [-0.2, -0.15) is 0 Å². The quantitative estimate of drug-likeness (QED) is 0.630. The monoisotopic (exact) mass is 230 g/mol. The Hall–Kier alpha value is 0.137. The van der Waals surface area contributed by atoms with Crippen LogP contribution in [-0.4, -0.2) is 21.2 Å². The molecule has 0 aliphatic heterocycles. The highest BCUT2D eigenvalue weighted by molar-refractivity contribution is 6.77. The zero-order valence-corrected chi connectivity index (χ0v) is 12.1. The molecule has 0 amide bonds. The first-order chi connectivity index (χ1) is 6.83. The van der Waals surface area contributed by atoms with Crippen molar-refractivity contribution in [3.63, 3.8) is 0 Å². The predicted molar refractivity (Wildman–Crippen MR) is 72.8 cm³/mol. The third kappa shape index (κ3) is 8.00. The van der Waals surface area contributed by atoms with Gasteiger partial charge in [0, 0.05) is 8.07 Å². The zero-order valence-electron chi connectivity index (χ0n) is 11.1. The fourth-order valence-electron chi connectivity index (χ4n) is 2.63. The van der Waals surface area contributed by atoms with E-state index in [0.29, 0.717) is 5.41 Å². The van der Waals surface area contributed by atoms with E-state index in [9.17, 15) is 0 Å². The second-order valence-corrected chi connectivity index (χ2v) is 11.5. The van der Waals surface area contributed by atoms with Gasteiger partial charge in [-0.05, 0) is 37.8 Å². The smallest absolute Gasteiger partial charge is 0.0479 e. The molecule has 0 unspecified atom stereocenters. The summed E-state index contributed by atoms with van der Waals surface area (Å²) in [4.78, 5) is 0. The summed E-state index contributed by atoms with van der Waals surface area (Å²) in [5.74, 6) is 0. The maximum Gasteiger partial charge on any atom is 0.0479 e. The van der Waals surface area contributed by atoms with Crippen molar-refractivity contribution in [2.24, 2.45) is 16.9 Å². The number of nitrogens with two attached hydrogens (primary N) is 2. The SMILES string of the molecule is CC(C)(CCCN)C[Si](C)(C)CCCN. The summed E-state index contributed by atoms with van der Waals surface area (Å²) in [7, 11) is -1.03. The van der Waals surface area contributed by atoms with Crippen molar-refractivity contribution in [3.05, 3.63) is 0 Å². The molecule has 0 aromatic rings.